The number of hydrogen-bond donors (Lipinski definition) is 3. The Kier molecular flexibility index (Phi) is 8.00. The van der Waals surface area contributed by atoms with Crippen LogP contribution in [0.25, 0.3) is 0 Å². The maximum Gasteiger partial charge on any atom is 0.279 e. The van der Waals surface area contributed by atoms with Crippen molar-refractivity contribution in [2.24, 2.45) is 0 Å². The van der Waals surface area contributed by atoms with E-state index in [0.717, 1.165) is 0 Å². The van der Waals surface area contributed by atoms with E-state index in [4.69, 9.17) is 14.0 Å². The smallest absolute Gasteiger partial charge is 0.279 e. The Morgan fingerprint density at radius 2 is 1.65 bits per heavy atom. The molecule has 1 heterocycles. The van der Waals surface area contributed by atoms with Crippen LogP contribution in [0.4, 0.5) is 0 Å². The summed E-state index contributed by atoms with van der Waals surface area (Å²) < 4.78 is 42.8. The second-order valence-corrected chi connectivity index (χ2v) is 8.29. The second-order valence-electron chi connectivity index (χ2n) is 6.64. The number of sulfonamides is 1. The molecule has 0 fully saturated rings. The summed E-state index contributed by atoms with van der Waals surface area (Å²) >= 11 is 0. The zero-order valence-corrected chi connectivity index (χ0v) is 18.7. The van der Waals surface area contributed by atoms with Gasteiger partial charge in [0.25, 0.3) is 11.8 Å². The molecule has 2 aromatic rings. The molecule has 0 saturated carbocycles. The molecule has 0 aliphatic heterocycles. The fraction of sp³-hybridized carbons (Fsp3) is 0.421. The van der Waals surface area contributed by atoms with Gasteiger partial charge in [-0.05, 0) is 58.9 Å². The normalized spacial score (nSPS) is 13.2. The predicted molar refractivity (Wildman–Crippen MR) is 110 cm³/mol. The lowest BCUT2D eigenvalue weighted by Gasteiger charge is -2.17. The molecule has 0 spiro atoms. The molecule has 0 aliphatic carbocycles. The van der Waals surface area contributed by atoms with Gasteiger partial charge in [0.1, 0.15) is 22.1 Å². The largest absolute Gasteiger partial charge is 0.494 e. The number of amides is 2. The van der Waals surface area contributed by atoms with Gasteiger partial charge >= 0.3 is 0 Å². The van der Waals surface area contributed by atoms with Crippen LogP contribution in [-0.4, -0.2) is 44.1 Å². The van der Waals surface area contributed by atoms with Crippen molar-refractivity contribution in [1.29, 1.82) is 0 Å². The minimum absolute atomic E-state index is 0.103. The number of hydrogen-bond acceptors (Lipinski definition) is 8. The Morgan fingerprint density at radius 1 is 1.06 bits per heavy atom. The maximum absolute atomic E-state index is 12.5. The van der Waals surface area contributed by atoms with Gasteiger partial charge in [-0.3, -0.25) is 20.4 Å². The number of nitrogens with one attached hydrogen (secondary N) is 3. The average molecular weight is 455 g/mol. The molecule has 0 saturated heterocycles. The number of benzene rings is 1. The summed E-state index contributed by atoms with van der Waals surface area (Å²) in [7, 11) is -4.04. The molecule has 2 atom stereocenters. The lowest BCUT2D eigenvalue weighted by atomic mass is 10.3. The summed E-state index contributed by atoms with van der Waals surface area (Å²) in [5.41, 5.74) is 4.54. The van der Waals surface area contributed by atoms with Gasteiger partial charge in [0.15, 0.2) is 11.9 Å². The Labute approximate surface area is 180 Å². The third kappa shape index (κ3) is 6.43. The van der Waals surface area contributed by atoms with Crippen molar-refractivity contribution in [3.8, 4) is 11.5 Å². The van der Waals surface area contributed by atoms with Crippen LogP contribution in [0.1, 0.15) is 32.2 Å². The lowest BCUT2D eigenvalue weighted by molar-refractivity contribution is -0.133. The van der Waals surface area contributed by atoms with Gasteiger partial charge in [0.05, 0.1) is 12.6 Å². The van der Waals surface area contributed by atoms with Crippen molar-refractivity contribution in [3.63, 3.8) is 0 Å². The van der Waals surface area contributed by atoms with E-state index in [9.17, 15) is 18.0 Å². The molecule has 0 radical (unpaired) electrons. The molecular weight excluding hydrogens is 428 g/mol. The van der Waals surface area contributed by atoms with Gasteiger partial charge in [0, 0.05) is 0 Å². The van der Waals surface area contributed by atoms with Crippen LogP contribution in [-0.2, 0) is 19.6 Å². The maximum atomic E-state index is 12.5. The summed E-state index contributed by atoms with van der Waals surface area (Å²) in [4.78, 5) is 24.2. The minimum atomic E-state index is -4.04. The Balaban J connectivity index is 1.87. The van der Waals surface area contributed by atoms with Crippen LogP contribution >= 0.6 is 0 Å². The highest BCUT2D eigenvalue weighted by Gasteiger charge is 2.28. The summed E-state index contributed by atoms with van der Waals surface area (Å²) in [6, 6.07) is 5.54. The van der Waals surface area contributed by atoms with Crippen molar-refractivity contribution in [3.05, 3.63) is 35.7 Å². The molecule has 12 heteroatoms. The van der Waals surface area contributed by atoms with Crippen LogP contribution in [0.15, 0.2) is 33.7 Å². The van der Waals surface area contributed by atoms with E-state index in [-0.39, 0.29) is 16.3 Å². The van der Waals surface area contributed by atoms with E-state index in [2.05, 4.69) is 20.7 Å². The fourth-order valence-corrected chi connectivity index (χ4v) is 4.11. The van der Waals surface area contributed by atoms with Crippen molar-refractivity contribution in [2.45, 2.75) is 51.7 Å². The number of rotatable bonds is 9. The Bertz CT molecular complexity index is 999. The van der Waals surface area contributed by atoms with E-state index >= 15 is 0 Å². The first-order valence-electron chi connectivity index (χ1n) is 9.49. The number of hydrazine groups is 1. The number of ether oxygens (including phenoxy) is 2. The predicted octanol–water partition coefficient (Wildman–Crippen LogP) is 0.972. The highest BCUT2D eigenvalue weighted by atomic mass is 32.2. The highest BCUT2D eigenvalue weighted by Crippen LogP contribution is 2.19. The lowest BCUT2D eigenvalue weighted by Crippen LogP contribution is -2.53. The van der Waals surface area contributed by atoms with Gasteiger partial charge in [0.2, 0.25) is 10.0 Å². The number of carbonyl (C=O) groups excluding carboxylic acids is 2. The molecule has 2 rings (SSSR count). The second kappa shape index (κ2) is 10.3. The summed E-state index contributed by atoms with van der Waals surface area (Å²) in [6.07, 6.45) is -0.924. The highest BCUT2D eigenvalue weighted by molar-refractivity contribution is 7.89. The number of aryl methyl sites for hydroxylation is 2. The van der Waals surface area contributed by atoms with Gasteiger partial charge in [-0.2, -0.15) is 4.72 Å². The standard InChI is InChI=1S/C19H26N4O7S/c1-6-28-15-7-9-16(10-8-15)29-14(5)19(25)21-20-18(24)12(3)23-31(26,27)17-11(2)22-30-13(17)4/h7-10,12,14,23H,6H2,1-5H3,(H,20,24)(H,21,25)/t12-,14?/m0/s1. The first kappa shape index (κ1) is 24.2. The van der Waals surface area contributed by atoms with Crippen LogP contribution < -0.4 is 25.0 Å². The number of nitrogens with zero attached hydrogens (tertiary/aromatic N) is 1. The first-order chi connectivity index (χ1) is 14.5. The quantitative estimate of drug-likeness (QED) is 0.475. The molecule has 170 valence electrons. The van der Waals surface area contributed by atoms with Gasteiger partial charge < -0.3 is 14.0 Å². The van der Waals surface area contributed by atoms with Gasteiger partial charge in [-0.1, -0.05) is 5.16 Å². The topological polar surface area (TPSA) is 149 Å². The van der Waals surface area contributed by atoms with Crippen molar-refractivity contribution in [2.75, 3.05) is 6.61 Å². The van der Waals surface area contributed by atoms with Crippen LogP contribution in [0, 0.1) is 13.8 Å². The van der Waals surface area contributed by atoms with E-state index in [1.54, 1.807) is 24.3 Å². The van der Waals surface area contributed by atoms with E-state index in [1.165, 1.54) is 27.7 Å². The van der Waals surface area contributed by atoms with Crippen molar-refractivity contribution in [1.82, 2.24) is 20.7 Å². The molecular formula is C19H26N4O7S. The molecule has 1 aromatic heterocycles. The molecule has 2 amide bonds. The van der Waals surface area contributed by atoms with E-state index in [1.807, 2.05) is 6.92 Å². The molecule has 1 unspecified atom stereocenters. The molecule has 1 aromatic carbocycles. The summed E-state index contributed by atoms with van der Waals surface area (Å²) in [5, 5.41) is 3.59. The van der Waals surface area contributed by atoms with Crippen molar-refractivity contribution < 1.29 is 32.0 Å². The van der Waals surface area contributed by atoms with Crippen LogP contribution in [0.3, 0.4) is 0 Å². The van der Waals surface area contributed by atoms with E-state index < -0.39 is 34.0 Å². The summed E-state index contributed by atoms with van der Waals surface area (Å²) in [6.45, 7) is 8.16. The Hall–Kier alpha value is -3.12. The molecule has 31 heavy (non-hydrogen) atoms. The molecule has 0 aliphatic rings. The van der Waals surface area contributed by atoms with Gasteiger partial charge in [-0.25, -0.2) is 8.42 Å². The first-order valence-corrected chi connectivity index (χ1v) is 11.0. The molecule has 11 nitrogen and oxygen atoms in total. The van der Waals surface area contributed by atoms with Gasteiger partial charge in [-0.15, -0.1) is 0 Å². The number of aromatic nitrogens is 1. The Morgan fingerprint density at radius 3 is 2.19 bits per heavy atom. The molecule has 3 N–H and O–H groups in total. The fourth-order valence-electron chi connectivity index (χ4n) is 2.58. The average Bonchev–Trinajstić information content (AvgIpc) is 3.06. The van der Waals surface area contributed by atoms with E-state index in [0.29, 0.717) is 18.1 Å². The van der Waals surface area contributed by atoms with Crippen LogP contribution in [0.2, 0.25) is 0 Å². The zero-order valence-electron chi connectivity index (χ0n) is 17.9. The zero-order chi connectivity index (χ0) is 23.2. The van der Waals surface area contributed by atoms with Crippen molar-refractivity contribution >= 4 is 21.8 Å². The SMILES string of the molecule is CCOc1ccc(OC(C)C(=O)NNC(=O)[C@H](C)NS(=O)(=O)c2c(C)noc2C)cc1. The summed E-state index contributed by atoms with van der Waals surface area (Å²) in [5.74, 6) is -0.170. The number of carbonyl (C=O) groups is 2. The monoisotopic (exact) mass is 454 g/mol. The third-order valence-corrected chi connectivity index (χ3v) is 5.87. The van der Waals surface area contributed by atoms with Crippen LogP contribution in [0.5, 0.6) is 11.5 Å². The third-order valence-electron chi connectivity index (χ3n) is 4.09. The minimum Gasteiger partial charge on any atom is -0.494 e. The molecule has 0 bridgehead atoms.